The lowest BCUT2D eigenvalue weighted by Gasteiger charge is -2.06. The molecule has 2 heterocycles. The number of aliphatic hydroxyl groups excluding tert-OH is 1. The van der Waals surface area contributed by atoms with Gasteiger partial charge >= 0.3 is 5.95 Å². The van der Waals surface area contributed by atoms with Gasteiger partial charge in [-0.05, 0) is 11.8 Å². The summed E-state index contributed by atoms with van der Waals surface area (Å²) >= 11 is 0. The van der Waals surface area contributed by atoms with Crippen LogP contribution in [0.4, 0.5) is 5.95 Å². The average Bonchev–Trinajstić information content (AvgIpc) is 2.96. The number of aliphatic hydroxyl groups is 1. The Bertz CT molecular complexity index is 548. The number of nitrogens with zero attached hydrogens (tertiary/aromatic N) is 6. The zero-order valence-corrected chi connectivity index (χ0v) is 9.67. The van der Waals surface area contributed by atoms with Crippen molar-refractivity contribution in [3.63, 3.8) is 0 Å². The number of rotatable bonds is 5. The van der Waals surface area contributed by atoms with Crippen LogP contribution >= 0.6 is 0 Å². The van der Waals surface area contributed by atoms with Gasteiger partial charge in [-0.15, -0.1) is 5.10 Å². The van der Waals surface area contributed by atoms with Gasteiger partial charge in [0, 0.05) is 6.54 Å². The summed E-state index contributed by atoms with van der Waals surface area (Å²) in [6.45, 7) is 2.55. The Balaban J connectivity index is 2.13. The molecular weight excluding hydrogens is 240 g/mol. The Hall–Kier alpha value is -2.29. The molecule has 2 aromatic rings. The summed E-state index contributed by atoms with van der Waals surface area (Å²) in [4.78, 5) is 13.7. The van der Waals surface area contributed by atoms with Crippen LogP contribution in [0.15, 0.2) is 18.6 Å². The van der Waals surface area contributed by atoms with E-state index in [1.807, 2.05) is 6.92 Å². The standard InChI is InChI=1S/C9H12N6O3/c1-2-14-5-7(11-12-14)8(16)6-13-4-3-10-9(13)15(17)18/h3-5,8,16H,2,6H2,1H3. The summed E-state index contributed by atoms with van der Waals surface area (Å²) in [5.74, 6) is -0.308. The third-order valence-electron chi connectivity index (χ3n) is 2.45. The summed E-state index contributed by atoms with van der Waals surface area (Å²) in [5.41, 5.74) is 0.375. The topological polar surface area (TPSA) is 112 Å². The van der Waals surface area contributed by atoms with Crippen LogP contribution in [0.3, 0.4) is 0 Å². The largest absolute Gasteiger partial charge is 0.434 e. The van der Waals surface area contributed by atoms with E-state index in [9.17, 15) is 15.2 Å². The van der Waals surface area contributed by atoms with Crippen LogP contribution in [-0.4, -0.2) is 34.6 Å². The Morgan fingerprint density at radius 1 is 1.61 bits per heavy atom. The van der Waals surface area contributed by atoms with Gasteiger partial charge in [-0.2, -0.15) is 0 Å². The zero-order valence-electron chi connectivity index (χ0n) is 9.67. The number of hydrogen-bond acceptors (Lipinski definition) is 6. The van der Waals surface area contributed by atoms with E-state index in [1.165, 1.54) is 17.0 Å². The van der Waals surface area contributed by atoms with Gasteiger partial charge in [-0.25, -0.2) is 4.57 Å². The summed E-state index contributed by atoms with van der Waals surface area (Å²) in [7, 11) is 0. The first-order chi connectivity index (χ1) is 8.61. The van der Waals surface area contributed by atoms with Crippen molar-refractivity contribution in [3.05, 3.63) is 34.4 Å². The zero-order chi connectivity index (χ0) is 13.1. The fourth-order valence-electron chi connectivity index (χ4n) is 1.52. The molecule has 96 valence electrons. The van der Waals surface area contributed by atoms with Crippen molar-refractivity contribution in [1.82, 2.24) is 24.5 Å². The third kappa shape index (κ3) is 2.35. The summed E-state index contributed by atoms with van der Waals surface area (Å²) in [6.07, 6.45) is 3.39. The van der Waals surface area contributed by atoms with E-state index in [-0.39, 0.29) is 12.5 Å². The first-order valence-electron chi connectivity index (χ1n) is 5.35. The van der Waals surface area contributed by atoms with Crippen LogP contribution in [0.25, 0.3) is 0 Å². The fourth-order valence-corrected chi connectivity index (χ4v) is 1.52. The molecule has 1 unspecified atom stereocenters. The highest BCUT2D eigenvalue weighted by Crippen LogP contribution is 2.15. The van der Waals surface area contributed by atoms with Gasteiger partial charge in [-0.1, -0.05) is 10.2 Å². The van der Waals surface area contributed by atoms with E-state index in [2.05, 4.69) is 15.3 Å². The Kier molecular flexibility index (Phi) is 3.33. The fraction of sp³-hybridized carbons (Fsp3) is 0.444. The minimum atomic E-state index is -0.960. The number of aryl methyl sites for hydroxylation is 1. The smallest absolute Gasteiger partial charge is 0.390 e. The molecule has 9 nitrogen and oxygen atoms in total. The van der Waals surface area contributed by atoms with Crippen molar-refractivity contribution in [3.8, 4) is 0 Å². The molecule has 18 heavy (non-hydrogen) atoms. The normalized spacial score (nSPS) is 12.6. The maximum absolute atomic E-state index is 10.7. The van der Waals surface area contributed by atoms with E-state index in [0.29, 0.717) is 12.2 Å². The highest BCUT2D eigenvalue weighted by molar-refractivity contribution is 5.08. The number of aromatic nitrogens is 5. The molecule has 9 heteroatoms. The monoisotopic (exact) mass is 252 g/mol. The van der Waals surface area contributed by atoms with Crippen molar-refractivity contribution in [2.75, 3.05) is 0 Å². The molecule has 0 aliphatic rings. The molecule has 2 aromatic heterocycles. The quantitative estimate of drug-likeness (QED) is 0.598. The lowest BCUT2D eigenvalue weighted by molar-refractivity contribution is -0.397. The van der Waals surface area contributed by atoms with Gasteiger partial charge in [-0.3, -0.25) is 4.68 Å². The van der Waals surface area contributed by atoms with E-state index in [0.717, 1.165) is 0 Å². The molecule has 0 saturated carbocycles. The van der Waals surface area contributed by atoms with Crippen LogP contribution in [0.2, 0.25) is 0 Å². The molecule has 0 aliphatic heterocycles. The number of hydrogen-bond donors (Lipinski definition) is 1. The van der Waals surface area contributed by atoms with Crippen molar-refractivity contribution in [2.24, 2.45) is 0 Å². The first-order valence-corrected chi connectivity index (χ1v) is 5.35. The van der Waals surface area contributed by atoms with Gasteiger partial charge in [0.1, 0.15) is 30.7 Å². The van der Waals surface area contributed by atoms with Crippen LogP contribution in [-0.2, 0) is 13.1 Å². The predicted molar refractivity (Wildman–Crippen MR) is 59.5 cm³/mol. The number of nitro groups is 1. The van der Waals surface area contributed by atoms with Gasteiger partial charge in [0.15, 0.2) is 0 Å². The maximum Gasteiger partial charge on any atom is 0.434 e. The van der Waals surface area contributed by atoms with Crippen molar-refractivity contribution in [1.29, 1.82) is 0 Å². The molecular formula is C9H12N6O3. The minimum absolute atomic E-state index is 0.0126. The molecule has 2 rings (SSSR count). The van der Waals surface area contributed by atoms with E-state index >= 15 is 0 Å². The first kappa shape index (κ1) is 12.2. The molecule has 0 fully saturated rings. The molecule has 0 bridgehead atoms. The molecule has 0 radical (unpaired) electrons. The van der Waals surface area contributed by atoms with Crippen molar-refractivity contribution < 1.29 is 10.0 Å². The average molecular weight is 252 g/mol. The Morgan fingerprint density at radius 2 is 2.39 bits per heavy atom. The lowest BCUT2D eigenvalue weighted by Crippen LogP contribution is -2.11. The van der Waals surface area contributed by atoms with E-state index in [1.54, 1.807) is 10.9 Å². The molecule has 1 atom stereocenters. The van der Waals surface area contributed by atoms with Crippen LogP contribution in [0.5, 0.6) is 0 Å². The maximum atomic E-state index is 10.7. The highest BCUT2D eigenvalue weighted by atomic mass is 16.6. The van der Waals surface area contributed by atoms with Crippen LogP contribution in [0, 0.1) is 10.1 Å². The van der Waals surface area contributed by atoms with Crippen molar-refractivity contribution in [2.45, 2.75) is 26.1 Å². The van der Waals surface area contributed by atoms with Crippen LogP contribution in [0.1, 0.15) is 18.7 Å². The lowest BCUT2D eigenvalue weighted by atomic mass is 10.3. The van der Waals surface area contributed by atoms with E-state index < -0.39 is 11.0 Å². The SMILES string of the molecule is CCn1cc(C(O)Cn2ccnc2[N+](=O)[O-])nn1. The summed E-state index contributed by atoms with van der Waals surface area (Å²) in [6, 6.07) is 0. The number of imidazole rings is 1. The molecule has 0 saturated heterocycles. The van der Waals surface area contributed by atoms with Crippen molar-refractivity contribution >= 4 is 5.95 Å². The summed E-state index contributed by atoms with van der Waals surface area (Å²) < 4.78 is 2.83. The molecule has 0 amide bonds. The van der Waals surface area contributed by atoms with Gasteiger partial charge < -0.3 is 15.2 Å². The third-order valence-corrected chi connectivity index (χ3v) is 2.45. The van der Waals surface area contributed by atoms with Crippen LogP contribution < -0.4 is 0 Å². The second kappa shape index (κ2) is 4.92. The second-order valence-corrected chi connectivity index (χ2v) is 3.65. The minimum Gasteiger partial charge on any atom is -0.390 e. The molecule has 0 spiro atoms. The Labute approximate surface area is 102 Å². The molecule has 0 aliphatic carbocycles. The summed E-state index contributed by atoms with van der Waals surface area (Å²) in [5, 5.41) is 28.2. The van der Waals surface area contributed by atoms with Gasteiger partial charge in [0.2, 0.25) is 0 Å². The highest BCUT2D eigenvalue weighted by Gasteiger charge is 2.20. The van der Waals surface area contributed by atoms with Gasteiger partial charge in [0.25, 0.3) is 0 Å². The molecule has 0 aromatic carbocycles. The van der Waals surface area contributed by atoms with Gasteiger partial charge in [0.05, 0.1) is 6.20 Å². The van der Waals surface area contributed by atoms with E-state index in [4.69, 9.17) is 0 Å². The predicted octanol–water partition coefficient (Wildman–Crippen LogP) is 0.136. The Morgan fingerprint density at radius 3 is 3.00 bits per heavy atom. The second-order valence-electron chi connectivity index (χ2n) is 3.65. The molecule has 1 N–H and O–H groups in total.